The summed E-state index contributed by atoms with van der Waals surface area (Å²) in [5.41, 5.74) is 0. The summed E-state index contributed by atoms with van der Waals surface area (Å²) in [7, 11) is -6.30. The topological polar surface area (TPSA) is 63.6 Å². The van der Waals surface area contributed by atoms with E-state index in [0.29, 0.717) is 5.92 Å². The molecule has 0 saturated heterocycles. The van der Waals surface area contributed by atoms with Crippen LogP contribution in [-0.4, -0.2) is 33.9 Å². The van der Waals surface area contributed by atoms with E-state index in [0.717, 1.165) is 48.7 Å². The first-order valence-corrected chi connectivity index (χ1v) is 14.1. The molecule has 0 amide bonds. The first-order chi connectivity index (χ1) is 13.6. The number of rotatable bonds is 9. The van der Waals surface area contributed by atoms with Crippen LogP contribution in [0.15, 0.2) is 60.7 Å². The summed E-state index contributed by atoms with van der Waals surface area (Å²) in [6.45, 7) is 4.38. The van der Waals surface area contributed by atoms with Crippen molar-refractivity contribution in [1.82, 2.24) is 0 Å². The molecular weight excluding hydrogens is 400 g/mol. The maximum Gasteiger partial charge on any atom is 0.264 e. The van der Waals surface area contributed by atoms with Gasteiger partial charge in [-0.15, -0.1) is 0 Å². The van der Waals surface area contributed by atoms with E-state index in [-0.39, 0.29) is 11.1 Å². The number of benzene rings is 2. The molecule has 2 aromatic rings. The molecule has 0 heterocycles. The maximum atomic E-state index is 12.1. The SMILES string of the molecule is CC(C)(CCC[C@H]1C[C@@H](OS(C)(=O)=O)C1)[Si](O)(c1ccccc1)c1ccccc1. The van der Waals surface area contributed by atoms with Gasteiger partial charge in [0.25, 0.3) is 18.4 Å². The summed E-state index contributed by atoms with van der Waals surface area (Å²) in [6, 6.07) is 20.2. The molecule has 1 saturated carbocycles. The van der Waals surface area contributed by atoms with Crippen molar-refractivity contribution in [3.63, 3.8) is 0 Å². The Labute approximate surface area is 176 Å². The van der Waals surface area contributed by atoms with E-state index in [1.54, 1.807) is 0 Å². The van der Waals surface area contributed by atoms with Gasteiger partial charge in [-0.05, 0) is 40.6 Å². The third kappa shape index (κ3) is 5.18. The second-order valence-corrected chi connectivity index (χ2v) is 14.5. The third-order valence-corrected chi connectivity index (χ3v) is 11.4. The van der Waals surface area contributed by atoms with Crippen LogP contribution in [-0.2, 0) is 14.3 Å². The number of hydrogen-bond acceptors (Lipinski definition) is 4. The molecule has 1 fully saturated rings. The molecule has 1 N–H and O–H groups in total. The van der Waals surface area contributed by atoms with Crippen LogP contribution in [0.25, 0.3) is 0 Å². The lowest BCUT2D eigenvalue weighted by molar-refractivity contribution is 0.0656. The fourth-order valence-corrected chi connectivity index (χ4v) is 8.99. The van der Waals surface area contributed by atoms with Gasteiger partial charge in [0.1, 0.15) is 0 Å². The molecule has 6 heteroatoms. The lowest BCUT2D eigenvalue weighted by Gasteiger charge is -2.42. The molecule has 0 atom stereocenters. The molecule has 2 aromatic carbocycles. The van der Waals surface area contributed by atoms with Gasteiger partial charge in [0, 0.05) is 0 Å². The van der Waals surface area contributed by atoms with Crippen LogP contribution in [0.5, 0.6) is 0 Å². The molecule has 1 aliphatic carbocycles. The fraction of sp³-hybridized carbons (Fsp3) is 0.478. The molecule has 3 rings (SSSR count). The first kappa shape index (κ1) is 22.2. The van der Waals surface area contributed by atoms with Crippen LogP contribution in [0.4, 0.5) is 0 Å². The largest absolute Gasteiger partial charge is 0.424 e. The van der Waals surface area contributed by atoms with Gasteiger partial charge in [0.05, 0.1) is 12.4 Å². The van der Waals surface area contributed by atoms with Crippen LogP contribution in [0.3, 0.4) is 0 Å². The quantitative estimate of drug-likeness (QED) is 0.487. The van der Waals surface area contributed by atoms with Crippen LogP contribution in [0.1, 0.15) is 46.0 Å². The lowest BCUT2D eigenvalue weighted by atomic mass is 9.79. The van der Waals surface area contributed by atoms with E-state index in [1.807, 2.05) is 36.4 Å². The summed E-state index contributed by atoms with van der Waals surface area (Å²) >= 11 is 0. The second kappa shape index (κ2) is 8.72. The van der Waals surface area contributed by atoms with Crippen molar-refractivity contribution in [2.45, 2.75) is 57.1 Å². The zero-order valence-corrected chi connectivity index (χ0v) is 19.4. The fourth-order valence-electron chi connectivity index (χ4n) is 4.56. The molecule has 0 aromatic heterocycles. The van der Waals surface area contributed by atoms with Gasteiger partial charge in [0.15, 0.2) is 0 Å². The van der Waals surface area contributed by atoms with Gasteiger partial charge >= 0.3 is 0 Å². The Kier molecular flexibility index (Phi) is 6.68. The minimum Gasteiger partial charge on any atom is -0.424 e. The summed E-state index contributed by atoms with van der Waals surface area (Å²) in [5.74, 6) is 0.515. The Morgan fingerprint density at radius 2 is 1.48 bits per heavy atom. The van der Waals surface area contributed by atoms with Crippen molar-refractivity contribution in [2.75, 3.05) is 6.26 Å². The van der Waals surface area contributed by atoms with E-state index in [9.17, 15) is 13.2 Å². The molecule has 158 valence electrons. The zero-order chi connectivity index (χ0) is 21.1. The summed E-state index contributed by atoms with van der Waals surface area (Å²) in [6.07, 6.45) is 5.57. The summed E-state index contributed by atoms with van der Waals surface area (Å²) in [5, 5.41) is 1.85. The van der Waals surface area contributed by atoms with Crippen molar-refractivity contribution in [3.8, 4) is 0 Å². The lowest BCUT2D eigenvalue weighted by Crippen LogP contribution is -2.65. The molecule has 29 heavy (non-hydrogen) atoms. The van der Waals surface area contributed by atoms with E-state index >= 15 is 0 Å². The third-order valence-electron chi connectivity index (χ3n) is 6.28. The predicted octanol–water partition coefficient (Wildman–Crippen LogP) is 3.44. The average Bonchev–Trinajstić information content (AvgIpc) is 2.65. The molecule has 0 unspecified atom stereocenters. The van der Waals surface area contributed by atoms with Crippen molar-refractivity contribution in [2.24, 2.45) is 5.92 Å². The molecule has 4 nitrogen and oxygen atoms in total. The smallest absolute Gasteiger partial charge is 0.264 e. The standard InChI is InChI=1S/C23H32O4SSi/c1-23(2,16-10-11-19-17-20(18-19)27-28(3,24)25)29(26,21-12-6-4-7-13-21)22-14-8-5-9-15-22/h4-9,12-15,19-20,26H,10-11,16-18H2,1-3H3/t19-,20+. The van der Waals surface area contributed by atoms with Gasteiger partial charge in [-0.1, -0.05) is 87.4 Å². The van der Waals surface area contributed by atoms with Crippen molar-refractivity contribution >= 4 is 28.8 Å². The molecule has 0 bridgehead atoms. The van der Waals surface area contributed by atoms with Gasteiger partial charge in [-0.3, -0.25) is 4.18 Å². The highest BCUT2D eigenvalue weighted by Gasteiger charge is 2.49. The van der Waals surface area contributed by atoms with Gasteiger partial charge in [-0.25, -0.2) is 0 Å². The predicted molar refractivity (Wildman–Crippen MR) is 120 cm³/mol. The van der Waals surface area contributed by atoms with E-state index in [2.05, 4.69) is 38.1 Å². The molecule has 1 aliphatic rings. The van der Waals surface area contributed by atoms with E-state index in [4.69, 9.17) is 4.18 Å². The second-order valence-electron chi connectivity index (χ2n) is 8.98. The average molecular weight is 433 g/mol. The Bertz CT molecular complexity index is 851. The van der Waals surface area contributed by atoms with Crippen LogP contribution in [0.2, 0.25) is 5.04 Å². The van der Waals surface area contributed by atoms with Crippen molar-refractivity contribution < 1.29 is 17.4 Å². The van der Waals surface area contributed by atoms with E-state index in [1.165, 1.54) is 0 Å². The monoisotopic (exact) mass is 432 g/mol. The van der Waals surface area contributed by atoms with Gasteiger partial charge in [0.2, 0.25) is 0 Å². The van der Waals surface area contributed by atoms with Gasteiger partial charge in [-0.2, -0.15) is 8.42 Å². The normalized spacial score (nSPS) is 20.3. The van der Waals surface area contributed by atoms with E-state index < -0.39 is 18.4 Å². The number of hydrogen-bond donors (Lipinski definition) is 1. The van der Waals surface area contributed by atoms with Crippen LogP contribution in [0, 0.1) is 5.92 Å². The van der Waals surface area contributed by atoms with Crippen molar-refractivity contribution in [3.05, 3.63) is 60.7 Å². The Hall–Kier alpha value is -1.47. The highest BCUT2D eigenvalue weighted by Crippen LogP contribution is 2.42. The summed E-state index contributed by atoms with van der Waals surface area (Å²) in [4.78, 5) is 12.1. The van der Waals surface area contributed by atoms with Gasteiger partial charge < -0.3 is 4.80 Å². The summed E-state index contributed by atoms with van der Waals surface area (Å²) < 4.78 is 27.5. The first-order valence-electron chi connectivity index (χ1n) is 10.3. The maximum absolute atomic E-state index is 12.1. The highest BCUT2D eigenvalue weighted by atomic mass is 32.2. The minimum atomic E-state index is -3.36. The van der Waals surface area contributed by atoms with Crippen LogP contribution < -0.4 is 10.4 Å². The Balaban J connectivity index is 1.67. The van der Waals surface area contributed by atoms with Crippen LogP contribution >= 0.6 is 0 Å². The van der Waals surface area contributed by atoms with Crippen molar-refractivity contribution in [1.29, 1.82) is 0 Å². The Morgan fingerprint density at radius 1 is 1.00 bits per heavy atom. The Morgan fingerprint density at radius 3 is 1.93 bits per heavy atom. The molecule has 0 aliphatic heterocycles. The molecule has 0 spiro atoms. The molecular formula is C23H32O4SSi. The minimum absolute atomic E-state index is 0.150. The molecule has 0 radical (unpaired) electrons. The highest BCUT2D eigenvalue weighted by molar-refractivity contribution is 7.86. The zero-order valence-electron chi connectivity index (χ0n) is 17.5.